The van der Waals surface area contributed by atoms with Gasteiger partial charge in [-0.2, -0.15) is 5.10 Å². The van der Waals surface area contributed by atoms with Gasteiger partial charge >= 0.3 is 0 Å². The molecule has 0 bridgehead atoms. The first-order chi connectivity index (χ1) is 9.01. The van der Waals surface area contributed by atoms with Crippen LogP contribution < -0.4 is 11.3 Å². The number of hydrogen-bond acceptors (Lipinski definition) is 3. The summed E-state index contributed by atoms with van der Waals surface area (Å²) in [5.74, 6) is 5.70. The molecule has 0 aliphatic heterocycles. The molecule has 0 amide bonds. The maximum Gasteiger partial charge on any atom is 0.0596 e. The van der Waals surface area contributed by atoms with Gasteiger partial charge in [0.15, 0.2) is 0 Å². The van der Waals surface area contributed by atoms with E-state index in [-0.39, 0.29) is 6.04 Å². The van der Waals surface area contributed by atoms with Gasteiger partial charge in [-0.3, -0.25) is 16.0 Å². The summed E-state index contributed by atoms with van der Waals surface area (Å²) in [6.45, 7) is 1.99. The second-order valence-electron chi connectivity index (χ2n) is 4.49. The fourth-order valence-corrected chi connectivity index (χ4v) is 3.43. The first kappa shape index (κ1) is 14.7. The Labute approximate surface area is 129 Å². The summed E-state index contributed by atoms with van der Waals surface area (Å²) in [6, 6.07) is 8.21. The Balaban J connectivity index is 2.27. The molecule has 1 unspecified atom stereocenters. The smallest absolute Gasteiger partial charge is 0.0596 e. The molecule has 1 heterocycles. The van der Waals surface area contributed by atoms with Crippen LogP contribution in [0.5, 0.6) is 0 Å². The molecule has 4 nitrogen and oxygen atoms in total. The molecule has 0 aliphatic carbocycles. The first-order valence-corrected chi connectivity index (χ1v) is 7.50. The van der Waals surface area contributed by atoms with Crippen molar-refractivity contribution in [3.8, 4) is 0 Å². The van der Waals surface area contributed by atoms with Crippen molar-refractivity contribution in [1.29, 1.82) is 0 Å². The number of nitrogens with two attached hydrogens (primary N) is 1. The van der Waals surface area contributed by atoms with Crippen molar-refractivity contribution >= 4 is 31.9 Å². The van der Waals surface area contributed by atoms with Gasteiger partial charge in [0.25, 0.3) is 0 Å². The Morgan fingerprint density at radius 2 is 2.11 bits per heavy atom. The molecular weight excluding hydrogens is 372 g/mol. The summed E-state index contributed by atoms with van der Waals surface area (Å²) in [4.78, 5) is 0. The SMILES string of the molecule is Cc1cc(CC(NN)c2ccc(Br)cc2Br)n(C)n1. The molecule has 0 aliphatic rings. The van der Waals surface area contributed by atoms with Crippen molar-refractivity contribution < 1.29 is 0 Å². The number of benzene rings is 1. The van der Waals surface area contributed by atoms with Crippen molar-refractivity contribution in [2.45, 2.75) is 19.4 Å². The Morgan fingerprint density at radius 3 is 2.63 bits per heavy atom. The molecule has 102 valence electrons. The quantitative estimate of drug-likeness (QED) is 0.626. The fraction of sp³-hybridized carbons (Fsp3) is 0.308. The molecule has 0 fully saturated rings. The largest absolute Gasteiger partial charge is 0.272 e. The highest BCUT2D eigenvalue weighted by Gasteiger charge is 2.16. The summed E-state index contributed by atoms with van der Waals surface area (Å²) in [5.41, 5.74) is 6.17. The van der Waals surface area contributed by atoms with E-state index in [9.17, 15) is 0 Å². The second-order valence-corrected chi connectivity index (χ2v) is 6.26. The number of hydrazine groups is 1. The molecular formula is C13H16Br2N4. The fourth-order valence-electron chi connectivity index (χ4n) is 2.11. The Morgan fingerprint density at radius 1 is 1.37 bits per heavy atom. The zero-order chi connectivity index (χ0) is 14.0. The Bertz CT molecular complexity index is 580. The summed E-state index contributed by atoms with van der Waals surface area (Å²) < 4.78 is 3.96. The van der Waals surface area contributed by atoms with Crippen LogP contribution in [0.3, 0.4) is 0 Å². The molecule has 0 saturated carbocycles. The van der Waals surface area contributed by atoms with Gasteiger partial charge in [0.2, 0.25) is 0 Å². The van der Waals surface area contributed by atoms with Crippen molar-refractivity contribution in [3.63, 3.8) is 0 Å². The molecule has 3 N–H and O–H groups in total. The van der Waals surface area contributed by atoms with E-state index < -0.39 is 0 Å². The highest BCUT2D eigenvalue weighted by molar-refractivity contribution is 9.11. The predicted molar refractivity (Wildman–Crippen MR) is 83.6 cm³/mol. The van der Waals surface area contributed by atoms with Gasteiger partial charge in [-0.1, -0.05) is 37.9 Å². The number of aryl methyl sites for hydroxylation is 2. The molecule has 6 heteroatoms. The van der Waals surface area contributed by atoms with E-state index in [2.05, 4.69) is 54.5 Å². The standard InChI is InChI=1S/C13H16Br2N4/c1-8-5-10(19(2)18-8)7-13(17-16)11-4-3-9(14)6-12(11)15/h3-6,13,17H,7,16H2,1-2H3. The molecule has 1 atom stereocenters. The summed E-state index contributed by atoms with van der Waals surface area (Å²) in [7, 11) is 1.95. The van der Waals surface area contributed by atoms with Crippen LogP contribution in [0.1, 0.15) is 23.0 Å². The van der Waals surface area contributed by atoms with Gasteiger partial charge < -0.3 is 0 Å². The van der Waals surface area contributed by atoms with Crippen LogP contribution >= 0.6 is 31.9 Å². The van der Waals surface area contributed by atoms with Crippen molar-refractivity contribution in [1.82, 2.24) is 15.2 Å². The molecule has 0 saturated heterocycles. The van der Waals surface area contributed by atoms with Crippen LogP contribution in [-0.4, -0.2) is 9.78 Å². The average molecular weight is 388 g/mol. The van der Waals surface area contributed by atoms with Gasteiger partial charge in [-0.05, 0) is 30.7 Å². The van der Waals surface area contributed by atoms with Crippen LogP contribution in [0.25, 0.3) is 0 Å². The number of nitrogens with one attached hydrogen (secondary N) is 1. The maximum atomic E-state index is 5.70. The van der Waals surface area contributed by atoms with Gasteiger partial charge in [0.05, 0.1) is 11.7 Å². The maximum absolute atomic E-state index is 5.70. The number of hydrogen-bond donors (Lipinski definition) is 2. The van der Waals surface area contributed by atoms with E-state index in [1.165, 1.54) is 0 Å². The molecule has 1 aromatic carbocycles. The molecule has 2 rings (SSSR count). The first-order valence-electron chi connectivity index (χ1n) is 5.92. The monoisotopic (exact) mass is 386 g/mol. The third kappa shape index (κ3) is 3.45. The van der Waals surface area contributed by atoms with Crippen LogP contribution in [0.4, 0.5) is 0 Å². The predicted octanol–water partition coefficient (Wildman–Crippen LogP) is 3.00. The minimum atomic E-state index is 0.0391. The number of aromatic nitrogens is 2. The minimum absolute atomic E-state index is 0.0391. The highest BCUT2D eigenvalue weighted by atomic mass is 79.9. The molecule has 0 spiro atoms. The lowest BCUT2D eigenvalue weighted by molar-refractivity contribution is 0.528. The highest BCUT2D eigenvalue weighted by Crippen LogP contribution is 2.28. The van der Waals surface area contributed by atoms with E-state index >= 15 is 0 Å². The lowest BCUT2D eigenvalue weighted by Gasteiger charge is -2.18. The lowest BCUT2D eigenvalue weighted by atomic mass is 10.0. The Hall–Kier alpha value is -0.690. The molecule has 19 heavy (non-hydrogen) atoms. The number of halogens is 2. The molecule has 1 aromatic heterocycles. The number of rotatable bonds is 4. The number of nitrogens with zero attached hydrogens (tertiary/aromatic N) is 2. The van der Waals surface area contributed by atoms with Crippen LogP contribution in [0, 0.1) is 6.92 Å². The van der Waals surface area contributed by atoms with Crippen LogP contribution in [-0.2, 0) is 13.5 Å². The summed E-state index contributed by atoms with van der Waals surface area (Å²) in [6.07, 6.45) is 0.786. The third-order valence-corrected chi connectivity index (χ3v) is 4.23. The van der Waals surface area contributed by atoms with Gasteiger partial charge in [0, 0.05) is 28.1 Å². The van der Waals surface area contributed by atoms with Crippen molar-refractivity contribution in [2.75, 3.05) is 0 Å². The molecule has 2 aromatic rings. The molecule has 0 radical (unpaired) electrons. The third-order valence-electron chi connectivity index (χ3n) is 3.05. The van der Waals surface area contributed by atoms with E-state index in [4.69, 9.17) is 5.84 Å². The zero-order valence-corrected chi connectivity index (χ0v) is 14.0. The summed E-state index contributed by atoms with van der Waals surface area (Å²) in [5, 5.41) is 4.36. The summed E-state index contributed by atoms with van der Waals surface area (Å²) >= 11 is 7.03. The van der Waals surface area contributed by atoms with E-state index in [1.807, 2.05) is 30.8 Å². The Kier molecular flexibility index (Phi) is 4.78. The van der Waals surface area contributed by atoms with Crippen molar-refractivity contribution in [3.05, 3.63) is 50.2 Å². The van der Waals surface area contributed by atoms with E-state index in [0.717, 1.165) is 32.3 Å². The topological polar surface area (TPSA) is 55.9 Å². The van der Waals surface area contributed by atoms with Crippen molar-refractivity contribution in [2.24, 2.45) is 12.9 Å². The van der Waals surface area contributed by atoms with Gasteiger partial charge in [0.1, 0.15) is 0 Å². The van der Waals surface area contributed by atoms with E-state index in [0.29, 0.717) is 0 Å². The zero-order valence-electron chi connectivity index (χ0n) is 10.8. The lowest BCUT2D eigenvalue weighted by Crippen LogP contribution is -2.30. The van der Waals surface area contributed by atoms with Gasteiger partial charge in [-0.25, -0.2) is 0 Å². The van der Waals surface area contributed by atoms with Crippen LogP contribution in [0.15, 0.2) is 33.2 Å². The van der Waals surface area contributed by atoms with Crippen LogP contribution in [0.2, 0.25) is 0 Å². The van der Waals surface area contributed by atoms with Gasteiger partial charge in [-0.15, -0.1) is 0 Å². The van der Waals surface area contributed by atoms with E-state index in [1.54, 1.807) is 0 Å². The average Bonchev–Trinajstić information content (AvgIpc) is 2.65. The normalized spacial score (nSPS) is 12.7. The minimum Gasteiger partial charge on any atom is -0.272 e. The second kappa shape index (κ2) is 6.17.